The van der Waals surface area contributed by atoms with Crippen molar-refractivity contribution in [1.29, 1.82) is 0 Å². The van der Waals surface area contributed by atoms with E-state index in [-0.39, 0.29) is 11.8 Å². The van der Waals surface area contributed by atoms with Gasteiger partial charge in [-0.15, -0.1) is 0 Å². The highest BCUT2D eigenvalue weighted by atomic mass is 16.2. The van der Waals surface area contributed by atoms with Crippen molar-refractivity contribution in [2.24, 2.45) is 11.7 Å². The molecule has 0 aromatic heterocycles. The topological polar surface area (TPSA) is 75.4 Å². The highest BCUT2D eigenvalue weighted by molar-refractivity contribution is 5.95. The Hall–Kier alpha value is -2.66. The van der Waals surface area contributed by atoms with E-state index in [9.17, 15) is 9.59 Å². The summed E-state index contributed by atoms with van der Waals surface area (Å²) in [6, 6.07) is 17.0. The van der Waals surface area contributed by atoms with Crippen molar-refractivity contribution < 1.29 is 9.59 Å². The van der Waals surface area contributed by atoms with Crippen LogP contribution < -0.4 is 11.1 Å². The number of primary amides is 1. The minimum absolute atomic E-state index is 0.0201. The number of nitrogens with zero attached hydrogens (tertiary/aromatic N) is 1. The summed E-state index contributed by atoms with van der Waals surface area (Å²) in [6.45, 7) is 2.66. The first-order chi connectivity index (χ1) is 12.1. The molecule has 2 aromatic carbocycles. The van der Waals surface area contributed by atoms with Crippen molar-refractivity contribution in [3.05, 3.63) is 65.7 Å². The average molecular weight is 337 g/mol. The zero-order valence-corrected chi connectivity index (χ0v) is 14.2. The van der Waals surface area contributed by atoms with Gasteiger partial charge in [0, 0.05) is 24.3 Å². The molecule has 3 N–H and O–H groups in total. The van der Waals surface area contributed by atoms with Crippen LogP contribution in [0.15, 0.2) is 54.6 Å². The quantitative estimate of drug-likeness (QED) is 0.881. The molecule has 2 aromatic rings. The number of rotatable bonds is 5. The maximum absolute atomic E-state index is 12.6. The van der Waals surface area contributed by atoms with E-state index in [2.05, 4.69) is 22.3 Å². The number of hydrogen-bond acceptors (Lipinski definition) is 3. The summed E-state index contributed by atoms with van der Waals surface area (Å²) in [5, 5.41) is 2.94. The van der Waals surface area contributed by atoms with E-state index in [0.29, 0.717) is 11.3 Å². The molecule has 1 atom stereocenters. The van der Waals surface area contributed by atoms with Crippen LogP contribution in [0.5, 0.6) is 0 Å². The van der Waals surface area contributed by atoms with Gasteiger partial charge in [0.2, 0.25) is 11.8 Å². The molecule has 5 heteroatoms. The molecule has 0 spiro atoms. The minimum atomic E-state index is -0.471. The zero-order chi connectivity index (χ0) is 17.6. The zero-order valence-electron chi connectivity index (χ0n) is 14.2. The molecule has 130 valence electrons. The molecule has 0 bridgehead atoms. The van der Waals surface area contributed by atoms with Crippen molar-refractivity contribution in [2.75, 3.05) is 18.4 Å². The van der Waals surface area contributed by atoms with Crippen LogP contribution in [0.1, 0.15) is 28.8 Å². The number of anilines is 1. The van der Waals surface area contributed by atoms with Crippen molar-refractivity contribution in [2.45, 2.75) is 19.4 Å². The molecular formula is C20H23N3O2. The lowest BCUT2D eigenvalue weighted by molar-refractivity contribution is -0.121. The normalized spacial score (nSPS) is 17.8. The largest absolute Gasteiger partial charge is 0.366 e. The van der Waals surface area contributed by atoms with Crippen molar-refractivity contribution in [3.63, 3.8) is 0 Å². The molecule has 0 unspecified atom stereocenters. The fraction of sp³-hybridized carbons (Fsp3) is 0.300. The second kappa shape index (κ2) is 7.94. The second-order valence-corrected chi connectivity index (χ2v) is 6.49. The summed E-state index contributed by atoms with van der Waals surface area (Å²) in [5.41, 5.74) is 7.62. The molecule has 0 saturated carbocycles. The molecule has 5 nitrogen and oxygen atoms in total. The number of amides is 2. The van der Waals surface area contributed by atoms with Crippen LogP contribution in [0.3, 0.4) is 0 Å². The molecule has 1 aliphatic heterocycles. The molecule has 1 heterocycles. The maximum atomic E-state index is 12.6. The molecule has 0 aliphatic carbocycles. The van der Waals surface area contributed by atoms with Crippen molar-refractivity contribution >= 4 is 17.5 Å². The third-order valence-electron chi connectivity index (χ3n) is 4.56. The van der Waals surface area contributed by atoms with E-state index >= 15 is 0 Å². The predicted molar refractivity (Wildman–Crippen MR) is 98.0 cm³/mol. The van der Waals surface area contributed by atoms with E-state index in [1.807, 2.05) is 18.2 Å². The van der Waals surface area contributed by atoms with E-state index in [1.165, 1.54) is 5.56 Å². The SMILES string of the molecule is NC(=O)c1ccc(NC(=O)[C@@H]2CCCN(Cc3ccccc3)C2)cc1. The fourth-order valence-electron chi connectivity index (χ4n) is 3.22. The lowest BCUT2D eigenvalue weighted by atomic mass is 9.96. The standard InChI is InChI=1S/C20H23N3O2/c21-19(24)16-8-10-18(11-9-16)22-20(25)17-7-4-12-23(14-17)13-15-5-2-1-3-6-15/h1-3,5-6,8-11,17H,4,7,12-14H2,(H2,21,24)(H,22,25)/t17-/m1/s1. The average Bonchev–Trinajstić information content (AvgIpc) is 2.63. The summed E-state index contributed by atoms with van der Waals surface area (Å²) >= 11 is 0. The van der Waals surface area contributed by atoms with Gasteiger partial charge in [-0.1, -0.05) is 30.3 Å². The van der Waals surface area contributed by atoms with E-state index < -0.39 is 5.91 Å². The first-order valence-corrected chi connectivity index (χ1v) is 8.59. The van der Waals surface area contributed by atoms with Gasteiger partial charge in [0.15, 0.2) is 0 Å². The highest BCUT2D eigenvalue weighted by Crippen LogP contribution is 2.20. The van der Waals surface area contributed by atoms with Gasteiger partial charge in [-0.25, -0.2) is 0 Å². The highest BCUT2D eigenvalue weighted by Gasteiger charge is 2.25. The van der Waals surface area contributed by atoms with Gasteiger partial charge in [0.05, 0.1) is 5.92 Å². The smallest absolute Gasteiger partial charge is 0.248 e. The van der Waals surface area contributed by atoms with E-state index in [1.54, 1.807) is 24.3 Å². The first kappa shape index (κ1) is 17.2. The Morgan fingerprint density at radius 2 is 1.80 bits per heavy atom. The van der Waals surface area contributed by atoms with Crippen LogP contribution >= 0.6 is 0 Å². The van der Waals surface area contributed by atoms with Gasteiger partial charge in [-0.05, 0) is 49.2 Å². The van der Waals surface area contributed by atoms with Gasteiger partial charge >= 0.3 is 0 Å². The molecular weight excluding hydrogens is 314 g/mol. The Bertz CT molecular complexity index is 728. The summed E-state index contributed by atoms with van der Waals surface area (Å²) in [6.07, 6.45) is 1.92. The number of likely N-dealkylation sites (tertiary alicyclic amines) is 1. The third-order valence-corrected chi connectivity index (χ3v) is 4.56. The van der Waals surface area contributed by atoms with Gasteiger partial charge in [0.1, 0.15) is 0 Å². The monoisotopic (exact) mass is 337 g/mol. The molecule has 3 rings (SSSR count). The third kappa shape index (κ3) is 4.67. The number of benzene rings is 2. The van der Waals surface area contributed by atoms with Gasteiger partial charge in [-0.2, -0.15) is 0 Å². The lowest BCUT2D eigenvalue weighted by Crippen LogP contribution is -2.40. The Morgan fingerprint density at radius 1 is 1.08 bits per heavy atom. The number of piperidine rings is 1. The van der Waals surface area contributed by atoms with Gasteiger partial charge in [0.25, 0.3) is 0 Å². The lowest BCUT2D eigenvalue weighted by Gasteiger charge is -2.32. The summed E-state index contributed by atoms with van der Waals surface area (Å²) in [5.74, 6) is -0.459. The molecule has 1 fully saturated rings. The van der Waals surface area contributed by atoms with Gasteiger partial charge in [-0.3, -0.25) is 14.5 Å². The van der Waals surface area contributed by atoms with Crippen molar-refractivity contribution in [3.8, 4) is 0 Å². The number of nitrogens with two attached hydrogens (primary N) is 1. The van der Waals surface area contributed by atoms with E-state index in [0.717, 1.165) is 32.5 Å². The Kier molecular flexibility index (Phi) is 5.46. The van der Waals surface area contributed by atoms with Crippen LogP contribution in [0.4, 0.5) is 5.69 Å². The Morgan fingerprint density at radius 3 is 2.48 bits per heavy atom. The van der Waals surface area contributed by atoms with Crippen LogP contribution in [0, 0.1) is 5.92 Å². The van der Waals surface area contributed by atoms with Crippen LogP contribution in [-0.2, 0) is 11.3 Å². The molecule has 0 radical (unpaired) electrons. The predicted octanol–water partition coefficient (Wildman–Crippen LogP) is 2.64. The molecule has 2 amide bonds. The summed E-state index contributed by atoms with van der Waals surface area (Å²) in [7, 11) is 0. The number of hydrogen-bond donors (Lipinski definition) is 2. The molecule has 1 saturated heterocycles. The summed E-state index contributed by atoms with van der Waals surface area (Å²) < 4.78 is 0. The van der Waals surface area contributed by atoms with Crippen LogP contribution in [-0.4, -0.2) is 29.8 Å². The van der Waals surface area contributed by atoms with Crippen molar-refractivity contribution in [1.82, 2.24) is 4.90 Å². The Balaban J connectivity index is 1.57. The molecule has 1 aliphatic rings. The second-order valence-electron chi connectivity index (χ2n) is 6.49. The molecule has 25 heavy (non-hydrogen) atoms. The number of carbonyl (C=O) groups is 2. The Labute approximate surface area is 147 Å². The van der Waals surface area contributed by atoms with E-state index in [4.69, 9.17) is 5.73 Å². The van der Waals surface area contributed by atoms with Crippen LogP contribution in [0.25, 0.3) is 0 Å². The van der Waals surface area contributed by atoms with Gasteiger partial charge < -0.3 is 11.1 Å². The fourth-order valence-corrected chi connectivity index (χ4v) is 3.22. The number of nitrogens with one attached hydrogen (secondary N) is 1. The number of carbonyl (C=O) groups excluding carboxylic acids is 2. The van der Waals surface area contributed by atoms with Crippen LogP contribution in [0.2, 0.25) is 0 Å². The first-order valence-electron chi connectivity index (χ1n) is 8.59. The maximum Gasteiger partial charge on any atom is 0.248 e. The minimum Gasteiger partial charge on any atom is -0.366 e. The summed E-state index contributed by atoms with van der Waals surface area (Å²) in [4.78, 5) is 26.0.